The molecule has 0 aliphatic carbocycles. The van der Waals surface area contributed by atoms with E-state index in [0.29, 0.717) is 17.8 Å². The summed E-state index contributed by atoms with van der Waals surface area (Å²) < 4.78 is 28.6. The minimum atomic E-state index is -3.42. The Morgan fingerprint density at radius 1 is 1.37 bits per heavy atom. The molecule has 0 radical (unpaired) electrons. The Hall–Kier alpha value is -1.16. The molecule has 0 N–H and O–H groups in total. The highest BCUT2D eigenvalue weighted by molar-refractivity contribution is 7.98. The lowest BCUT2D eigenvalue weighted by atomic mass is 10.0. The van der Waals surface area contributed by atoms with Crippen molar-refractivity contribution in [2.24, 2.45) is 4.99 Å². The van der Waals surface area contributed by atoms with Gasteiger partial charge in [0.1, 0.15) is 6.04 Å². The molecule has 3 rings (SSSR count). The van der Waals surface area contributed by atoms with Crippen LogP contribution in [0.15, 0.2) is 23.2 Å². The third kappa shape index (κ3) is 4.64. The number of hydrogen-bond donors (Lipinski definition) is 0. The number of carbonyl (C=O) groups is 1. The van der Waals surface area contributed by atoms with Gasteiger partial charge in [0.25, 0.3) is 5.91 Å². The molecule has 0 bridgehead atoms. The van der Waals surface area contributed by atoms with E-state index < -0.39 is 16.1 Å². The topological polar surface area (TPSA) is 71.7 Å². The average molecular weight is 428 g/mol. The van der Waals surface area contributed by atoms with Crippen LogP contribution < -0.4 is 4.80 Å². The van der Waals surface area contributed by atoms with Crippen LogP contribution >= 0.6 is 23.1 Å². The van der Waals surface area contributed by atoms with Crippen molar-refractivity contribution in [3.8, 4) is 0 Å². The highest BCUT2D eigenvalue weighted by Gasteiger charge is 2.34. The van der Waals surface area contributed by atoms with Crippen molar-refractivity contribution in [3.63, 3.8) is 0 Å². The number of nitrogens with zero attached hydrogens (tertiary/aromatic N) is 3. The van der Waals surface area contributed by atoms with Gasteiger partial charge in [0.05, 0.1) is 16.5 Å². The van der Waals surface area contributed by atoms with E-state index in [0.717, 1.165) is 40.9 Å². The van der Waals surface area contributed by atoms with Crippen LogP contribution in [-0.4, -0.2) is 54.0 Å². The van der Waals surface area contributed by atoms with Crippen molar-refractivity contribution in [1.82, 2.24) is 8.87 Å². The molecule has 1 amide bonds. The van der Waals surface area contributed by atoms with E-state index in [1.54, 1.807) is 11.8 Å². The maximum Gasteiger partial charge on any atom is 0.266 e. The molecule has 0 saturated carbocycles. The van der Waals surface area contributed by atoms with Gasteiger partial charge >= 0.3 is 0 Å². The number of aromatic nitrogens is 1. The molecule has 27 heavy (non-hydrogen) atoms. The number of piperidine rings is 1. The van der Waals surface area contributed by atoms with E-state index in [4.69, 9.17) is 0 Å². The van der Waals surface area contributed by atoms with Crippen molar-refractivity contribution < 1.29 is 13.2 Å². The number of fused-ring (bicyclic) bond motifs is 1. The highest BCUT2D eigenvalue weighted by atomic mass is 32.2. The number of thioether (sulfide) groups is 1. The number of carbonyl (C=O) groups excluding carboxylic acids is 1. The molecule has 1 aromatic carbocycles. The minimum Gasteiger partial charge on any atom is -0.316 e. The molecule has 1 saturated heterocycles. The SMILES string of the molecule is CSCCn1c(=NC(=O)C2CCCCN2S(C)(=O)=O)sc2cc(C)ccc21. The monoisotopic (exact) mass is 427 g/mol. The zero-order valence-corrected chi connectivity index (χ0v) is 18.3. The van der Waals surface area contributed by atoms with Gasteiger partial charge in [0, 0.05) is 18.8 Å². The minimum absolute atomic E-state index is 0.360. The van der Waals surface area contributed by atoms with Crippen LogP contribution in [0.3, 0.4) is 0 Å². The van der Waals surface area contributed by atoms with Gasteiger partial charge < -0.3 is 4.57 Å². The molecule has 1 aromatic heterocycles. The summed E-state index contributed by atoms with van der Waals surface area (Å²) in [6.07, 6.45) is 5.37. The summed E-state index contributed by atoms with van der Waals surface area (Å²) in [4.78, 5) is 18.0. The van der Waals surface area contributed by atoms with Crippen molar-refractivity contribution in [2.45, 2.75) is 38.8 Å². The van der Waals surface area contributed by atoms with Gasteiger partial charge in [-0.2, -0.15) is 21.1 Å². The molecule has 0 spiro atoms. The number of benzene rings is 1. The van der Waals surface area contributed by atoms with Gasteiger partial charge in [-0.3, -0.25) is 4.79 Å². The van der Waals surface area contributed by atoms with Gasteiger partial charge in [0.15, 0.2) is 4.80 Å². The Balaban J connectivity index is 2.04. The molecule has 1 fully saturated rings. The fraction of sp³-hybridized carbons (Fsp3) is 0.556. The molecule has 2 aromatic rings. The van der Waals surface area contributed by atoms with Gasteiger partial charge in [-0.15, -0.1) is 0 Å². The Kier molecular flexibility index (Phi) is 6.45. The second-order valence-electron chi connectivity index (χ2n) is 6.84. The Morgan fingerprint density at radius 2 is 2.15 bits per heavy atom. The van der Waals surface area contributed by atoms with Gasteiger partial charge in [0.2, 0.25) is 10.0 Å². The van der Waals surface area contributed by atoms with E-state index in [9.17, 15) is 13.2 Å². The molecule has 1 aliphatic rings. The third-order valence-electron chi connectivity index (χ3n) is 4.73. The largest absolute Gasteiger partial charge is 0.316 e. The van der Waals surface area contributed by atoms with Gasteiger partial charge in [-0.05, 0) is 43.7 Å². The van der Waals surface area contributed by atoms with E-state index in [-0.39, 0.29) is 5.91 Å². The molecular formula is C18H25N3O3S3. The summed E-state index contributed by atoms with van der Waals surface area (Å²) in [7, 11) is -3.42. The van der Waals surface area contributed by atoms with E-state index in [2.05, 4.69) is 27.8 Å². The smallest absolute Gasteiger partial charge is 0.266 e. The van der Waals surface area contributed by atoms with Crippen LogP contribution in [-0.2, 0) is 21.4 Å². The van der Waals surface area contributed by atoms with E-state index in [1.165, 1.54) is 21.9 Å². The average Bonchev–Trinajstić information content (AvgIpc) is 2.95. The van der Waals surface area contributed by atoms with Gasteiger partial charge in [-0.1, -0.05) is 23.8 Å². The van der Waals surface area contributed by atoms with Crippen molar-refractivity contribution in [2.75, 3.05) is 24.8 Å². The first-order valence-corrected chi connectivity index (χ1v) is 13.0. The summed E-state index contributed by atoms with van der Waals surface area (Å²) in [5.41, 5.74) is 2.23. The molecule has 148 valence electrons. The number of aryl methyl sites for hydroxylation is 2. The van der Waals surface area contributed by atoms with E-state index >= 15 is 0 Å². The molecule has 9 heteroatoms. The second-order valence-corrected chi connectivity index (χ2v) is 10.8. The third-order valence-corrected chi connectivity index (χ3v) is 7.65. The first-order valence-electron chi connectivity index (χ1n) is 8.95. The molecule has 1 aliphatic heterocycles. The molecule has 6 nitrogen and oxygen atoms in total. The zero-order chi connectivity index (χ0) is 19.6. The molecule has 2 heterocycles. The first kappa shape index (κ1) is 20.6. The number of sulfonamides is 1. The van der Waals surface area contributed by atoms with E-state index in [1.807, 2.05) is 13.2 Å². The van der Waals surface area contributed by atoms with Crippen LogP contribution in [0.2, 0.25) is 0 Å². The highest BCUT2D eigenvalue weighted by Crippen LogP contribution is 2.22. The van der Waals surface area contributed by atoms with Crippen LogP contribution in [0, 0.1) is 6.92 Å². The number of thiazole rings is 1. The van der Waals surface area contributed by atoms with Crippen molar-refractivity contribution in [3.05, 3.63) is 28.6 Å². The summed E-state index contributed by atoms with van der Waals surface area (Å²) in [5.74, 6) is 0.557. The lowest BCUT2D eigenvalue weighted by Gasteiger charge is -2.31. The number of amides is 1. The Morgan fingerprint density at radius 3 is 2.85 bits per heavy atom. The summed E-state index contributed by atoms with van der Waals surface area (Å²) in [5, 5.41) is 0. The fourth-order valence-corrected chi connectivity index (χ4v) is 6.03. The molecular weight excluding hydrogens is 402 g/mol. The summed E-state index contributed by atoms with van der Waals surface area (Å²) in [6, 6.07) is 5.54. The summed E-state index contributed by atoms with van der Waals surface area (Å²) in [6.45, 7) is 3.19. The lowest BCUT2D eigenvalue weighted by molar-refractivity contribution is -0.122. The molecule has 1 unspecified atom stereocenters. The van der Waals surface area contributed by atoms with Crippen LogP contribution in [0.25, 0.3) is 10.2 Å². The lowest BCUT2D eigenvalue weighted by Crippen LogP contribution is -2.47. The van der Waals surface area contributed by atoms with Crippen LogP contribution in [0.5, 0.6) is 0 Å². The molecule has 1 atom stereocenters. The van der Waals surface area contributed by atoms with Crippen molar-refractivity contribution in [1.29, 1.82) is 0 Å². The maximum atomic E-state index is 12.9. The fourth-order valence-electron chi connectivity index (χ4n) is 3.38. The standard InChI is InChI=1S/C18H25N3O3S3/c1-13-7-8-14-16(12-13)26-18(20(14)10-11-25-2)19-17(22)15-6-4-5-9-21(15)27(3,23)24/h7-8,12,15H,4-6,9-11H2,1-3H3. The Labute approximate surface area is 168 Å². The zero-order valence-electron chi connectivity index (χ0n) is 15.8. The normalized spacial score (nSPS) is 19.7. The maximum absolute atomic E-state index is 12.9. The quantitative estimate of drug-likeness (QED) is 0.735. The number of rotatable bonds is 5. The predicted molar refractivity (Wildman–Crippen MR) is 113 cm³/mol. The van der Waals surface area contributed by atoms with Crippen LogP contribution in [0.1, 0.15) is 24.8 Å². The predicted octanol–water partition coefficient (Wildman–Crippen LogP) is 2.62. The first-order chi connectivity index (χ1) is 12.8. The summed E-state index contributed by atoms with van der Waals surface area (Å²) >= 11 is 3.23. The Bertz CT molecular complexity index is 1010. The van der Waals surface area contributed by atoms with Crippen molar-refractivity contribution >= 4 is 49.2 Å². The van der Waals surface area contributed by atoms with Gasteiger partial charge in [-0.25, -0.2) is 8.42 Å². The second kappa shape index (κ2) is 8.46. The number of hydrogen-bond acceptors (Lipinski definition) is 5. The van der Waals surface area contributed by atoms with Crippen LogP contribution in [0.4, 0.5) is 0 Å².